The standard InChI is InChI=1S/C37H54N6O8S2/c1-22(2)19-29(36(49)43-31(37(50)51)21-24-9-7-6-8-10-24)41-32(45)23(3)39-35(48)30(20-25-11-13-26(44)14-12-25)42-34(47)28(16-18-53-5)40-33(46)27(38)15-17-52-4/h6-14,22-23,27-31,44H,15-21,38H2,1-5H3,(H,39,48)(H,40,46)(H,41,45)(H,42,47)(H,43,49)(H,50,51)/t23-,27-,28-,29-,30-,31-/m0/s1. The number of nitrogens with two attached hydrogens (primary N) is 1. The largest absolute Gasteiger partial charge is 0.508 e. The summed E-state index contributed by atoms with van der Waals surface area (Å²) in [7, 11) is 0. The van der Waals surface area contributed by atoms with Gasteiger partial charge in [-0.3, -0.25) is 24.0 Å². The number of carbonyl (C=O) groups excluding carboxylic acids is 5. The highest BCUT2D eigenvalue weighted by Gasteiger charge is 2.32. The van der Waals surface area contributed by atoms with Crippen molar-refractivity contribution in [1.82, 2.24) is 26.6 Å². The van der Waals surface area contributed by atoms with Gasteiger partial charge >= 0.3 is 5.97 Å². The molecule has 292 valence electrons. The number of carbonyl (C=O) groups is 6. The fourth-order valence-corrected chi connectivity index (χ4v) is 6.17. The van der Waals surface area contributed by atoms with E-state index in [1.54, 1.807) is 54.2 Å². The second kappa shape index (κ2) is 23.4. The molecule has 2 aromatic carbocycles. The number of aromatic hydroxyl groups is 1. The van der Waals surface area contributed by atoms with Crippen LogP contribution in [0.25, 0.3) is 0 Å². The number of hydrogen-bond donors (Lipinski definition) is 8. The molecule has 0 aliphatic carbocycles. The van der Waals surface area contributed by atoms with Crippen LogP contribution in [0.15, 0.2) is 54.6 Å². The molecule has 6 atom stereocenters. The summed E-state index contributed by atoms with van der Waals surface area (Å²) in [4.78, 5) is 78.9. The Balaban J connectivity index is 2.22. The summed E-state index contributed by atoms with van der Waals surface area (Å²) < 4.78 is 0. The van der Waals surface area contributed by atoms with E-state index in [-0.39, 0.29) is 37.4 Å². The maximum Gasteiger partial charge on any atom is 0.326 e. The first-order valence-electron chi connectivity index (χ1n) is 17.4. The van der Waals surface area contributed by atoms with Gasteiger partial charge in [-0.2, -0.15) is 23.5 Å². The Kier molecular flexibility index (Phi) is 19.8. The minimum Gasteiger partial charge on any atom is -0.508 e. The smallest absolute Gasteiger partial charge is 0.326 e. The van der Waals surface area contributed by atoms with E-state index in [0.29, 0.717) is 29.1 Å². The second-order valence-electron chi connectivity index (χ2n) is 13.2. The highest BCUT2D eigenvalue weighted by Crippen LogP contribution is 2.13. The average molecular weight is 775 g/mol. The van der Waals surface area contributed by atoms with E-state index in [2.05, 4.69) is 26.6 Å². The zero-order chi connectivity index (χ0) is 39.5. The van der Waals surface area contributed by atoms with Crippen LogP contribution < -0.4 is 32.3 Å². The number of phenolic OH excluding ortho intramolecular Hbond substituents is 1. The van der Waals surface area contributed by atoms with Gasteiger partial charge in [0.15, 0.2) is 0 Å². The van der Waals surface area contributed by atoms with Crippen molar-refractivity contribution in [2.24, 2.45) is 11.7 Å². The molecule has 0 bridgehead atoms. The molecule has 0 aromatic heterocycles. The van der Waals surface area contributed by atoms with Crippen molar-refractivity contribution in [2.45, 2.75) is 89.1 Å². The van der Waals surface area contributed by atoms with Crippen molar-refractivity contribution in [3.8, 4) is 5.75 Å². The molecule has 0 heterocycles. The van der Waals surface area contributed by atoms with Gasteiger partial charge in [0.05, 0.1) is 6.04 Å². The lowest BCUT2D eigenvalue weighted by Gasteiger charge is -2.26. The quantitative estimate of drug-likeness (QED) is 0.0809. The molecule has 9 N–H and O–H groups in total. The predicted octanol–water partition coefficient (Wildman–Crippen LogP) is 1.59. The molecule has 5 amide bonds. The maximum absolute atomic E-state index is 13.7. The van der Waals surface area contributed by atoms with Gasteiger partial charge in [-0.15, -0.1) is 0 Å². The van der Waals surface area contributed by atoms with Gasteiger partial charge in [-0.1, -0.05) is 56.3 Å². The summed E-state index contributed by atoms with van der Waals surface area (Å²) in [6.45, 7) is 5.11. The van der Waals surface area contributed by atoms with Crippen molar-refractivity contribution in [2.75, 3.05) is 24.0 Å². The number of aliphatic carboxylic acids is 1. The lowest BCUT2D eigenvalue weighted by molar-refractivity contribution is -0.142. The van der Waals surface area contributed by atoms with Crippen LogP contribution in [-0.2, 0) is 41.6 Å². The molecule has 0 aliphatic rings. The summed E-state index contributed by atoms with van der Waals surface area (Å²) in [5.41, 5.74) is 7.35. The van der Waals surface area contributed by atoms with Crippen LogP contribution in [0.1, 0.15) is 51.2 Å². The predicted molar refractivity (Wildman–Crippen MR) is 208 cm³/mol. The van der Waals surface area contributed by atoms with E-state index in [0.717, 1.165) is 0 Å². The van der Waals surface area contributed by atoms with E-state index in [9.17, 15) is 39.0 Å². The van der Waals surface area contributed by atoms with E-state index in [4.69, 9.17) is 5.73 Å². The van der Waals surface area contributed by atoms with Crippen LogP contribution in [0.3, 0.4) is 0 Å². The number of nitrogens with one attached hydrogen (secondary N) is 5. The molecule has 2 rings (SSSR count). The summed E-state index contributed by atoms with van der Waals surface area (Å²) in [5, 5.41) is 32.8. The van der Waals surface area contributed by atoms with Crippen LogP contribution in [0.4, 0.5) is 0 Å². The molecule has 0 aliphatic heterocycles. The van der Waals surface area contributed by atoms with Gasteiger partial charge in [-0.05, 0) is 79.4 Å². The first-order chi connectivity index (χ1) is 25.1. The highest BCUT2D eigenvalue weighted by molar-refractivity contribution is 7.98. The van der Waals surface area contributed by atoms with E-state index in [1.165, 1.54) is 30.8 Å². The monoisotopic (exact) mass is 774 g/mol. The van der Waals surface area contributed by atoms with Gasteiger partial charge in [-0.25, -0.2) is 4.79 Å². The summed E-state index contributed by atoms with van der Waals surface area (Å²) in [6.07, 6.45) is 4.67. The fourth-order valence-electron chi connectivity index (χ4n) is 5.21. The summed E-state index contributed by atoms with van der Waals surface area (Å²) in [5.74, 6) is -3.27. The van der Waals surface area contributed by atoms with Crippen molar-refractivity contribution < 1.29 is 39.0 Å². The molecule has 0 unspecified atom stereocenters. The van der Waals surface area contributed by atoms with Crippen molar-refractivity contribution in [3.05, 3.63) is 65.7 Å². The normalized spacial score (nSPS) is 14.5. The molecule has 0 saturated carbocycles. The average Bonchev–Trinajstić information content (AvgIpc) is 3.12. The van der Waals surface area contributed by atoms with Crippen LogP contribution in [0.5, 0.6) is 5.75 Å². The van der Waals surface area contributed by atoms with Crippen LogP contribution >= 0.6 is 23.5 Å². The van der Waals surface area contributed by atoms with E-state index < -0.39 is 71.8 Å². The topological polar surface area (TPSA) is 229 Å². The first kappa shape index (κ1) is 44.9. The number of phenols is 1. The SMILES string of the molecule is CSCC[C@H](NC(=O)[C@@H](N)CCSC)C(=O)N[C@@H](Cc1ccc(O)cc1)C(=O)N[C@@H](C)C(=O)N[C@@H](CC(C)C)C(=O)N[C@@H](Cc1ccccc1)C(=O)O. The number of rotatable bonds is 23. The minimum atomic E-state index is -1.24. The van der Waals surface area contributed by atoms with Crippen molar-refractivity contribution in [1.29, 1.82) is 0 Å². The zero-order valence-corrected chi connectivity index (χ0v) is 32.6. The Morgan fingerprint density at radius 1 is 0.623 bits per heavy atom. The number of amides is 5. The van der Waals surface area contributed by atoms with E-state index in [1.807, 2.05) is 26.4 Å². The Morgan fingerprint density at radius 2 is 1.11 bits per heavy atom. The molecule has 53 heavy (non-hydrogen) atoms. The third kappa shape index (κ3) is 16.5. The van der Waals surface area contributed by atoms with E-state index >= 15 is 0 Å². The molecule has 14 nitrogen and oxygen atoms in total. The Hall–Kier alpha value is -4.28. The molecule has 16 heteroatoms. The van der Waals surface area contributed by atoms with Gasteiger partial charge in [0.25, 0.3) is 0 Å². The van der Waals surface area contributed by atoms with Crippen LogP contribution in [0, 0.1) is 5.92 Å². The van der Waals surface area contributed by atoms with Crippen LogP contribution in [-0.4, -0.2) is 106 Å². The Morgan fingerprint density at radius 3 is 1.70 bits per heavy atom. The highest BCUT2D eigenvalue weighted by atomic mass is 32.2. The molecular weight excluding hydrogens is 721 g/mol. The van der Waals surface area contributed by atoms with Crippen molar-refractivity contribution >= 4 is 59.0 Å². The number of thioether (sulfide) groups is 2. The number of carboxylic acids is 1. The maximum atomic E-state index is 13.7. The molecule has 2 aromatic rings. The van der Waals surface area contributed by atoms with Gasteiger partial charge < -0.3 is 42.5 Å². The zero-order valence-electron chi connectivity index (χ0n) is 30.9. The fraction of sp³-hybridized carbons (Fsp3) is 0.514. The minimum absolute atomic E-state index is 0.0106. The second-order valence-corrected chi connectivity index (χ2v) is 15.1. The lowest BCUT2D eigenvalue weighted by Crippen LogP contribution is -2.59. The third-order valence-corrected chi connectivity index (χ3v) is 9.50. The summed E-state index contributed by atoms with van der Waals surface area (Å²) >= 11 is 3.03. The summed E-state index contributed by atoms with van der Waals surface area (Å²) in [6, 6.07) is 8.36. The molecule has 0 spiro atoms. The Labute approximate surface area is 320 Å². The molecular formula is C37H54N6O8S2. The van der Waals surface area contributed by atoms with Gasteiger partial charge in [0.1, 0.15) is 36.0 Å². The van der Waals surface area contributed by atoms with Crippen molar-refractivity contribution in [3.63, 3.8) is 0 Å². The third-order valence-electron chi connectivity index (χ3n) is 8.21. The van der Waals surface area contributed by atoms with Gasteiger partial charge in [0.2, 0.25) is 29.5 Å². The van der Waals surface area contributed by atoms with Gasteiger partial charge in [0, 0.05) is 12.8 Å². The van der Waals surface area contributed by atoms with Crippen LogP contribution in [0.2, 0.25) is 0 Å². The number of carboxylic acid groups (broad SMARTS) is 1. The number of hydrogen-bond acceptors (Lipinski definition) is 10. The molecule has 0 fully saturated rings. The number of benzene rings is 2. The lowest BCUT2D eigenvalue weighted by atomic mass is 10.0. The molecule has 0 saturated heterocycles. The first-order valence-corrected chi connectivity index (χ1v) is 20.2. The Bertz CT molecular complexity index is 1500. The molecule has 0 radical (unpaired) electrons.